The van der Waals surface area contributed by atoms with Crippen LogP contribution in [0.3, 0.4) is 0 Å². The van der Waals surface area contributed by atoms with Gasteiger partial charge in [-0.25, -0.2) is 0 Å². The first kappa shape index (κ1) is 15.4. The first-order valence-electron chi connectivity index (χ1n) is 6.62. The Morgan fingerprint density at radius 2 is 1.67 bits per heavy atom. The number of primary amides is 1. The van der Waals surface area contributed by atoms with Gasteiger partial charge in [-0.1, -0.05) is 35.9 Å². The summed E-state index contributed by atoms with van der Waals surface area (Å²) in [7, 11) is 0. The third-order valence-electron chi connectivity index (χ3n) is 3.03. The third kappa shape index (κ3) is 5.10. The molecular weight excluding hydrogens is 286 g/mol. The van der Waals surface area contributed by atoms with Gasteiger partial charge in [0.15, 0.2) is 0 Å². The van der Waals surface area contributed by atoms with Gasteiger partial charge in [0.1, 0.15) is 0 Å². The summed E-state index contributed by atoms with van der Waals surface area (Å²) in [6.07, 6.45) is 0. The van der Waals surface area contributed by atoms with Crippen LogP contribution in [0.2, 0.25) is 5.02 Å². The minimum Gasteiger partial charge on any atom is -0.399 e. The van der Waals surface area contributed by atoms with Gasteiger partial charge < -0.3 is 11.5 Å². The van der Waals surface area contributed by atoms with Gasteiger partial charge in [-0.15, -0.1) is 0 Å². The molecule has 0 saturated carbocycles. The highest BCUT2D eigenvalue weighted by atomic mass is 35.5. The molecule has 0 aliphatic carbocycles. The molecule has 4 nitrogen and oxygen atoms in total. The van der Waals surface area contributed by atoms with Crippen LogP contribution in [0.15, 0.2) is 48.5 Å². The van der Waals surface area contributed by atoms with E-state index in [1.165, 1.54) is 0 Å². The maximum absolute atomic E-state index is 11.3. The molecule has 0 aliphatic heterocycles. The fraction of sp³-hybridized carbons (Fsp3) is 0.188. The summed E-state index contributed by atoms with van der Waals surface area (Å²) in [5.41, 5.74) is 13.9. The molecule has 2 rings (SSSR count). The van der Waals surface area contributed by atoms with E-state index >= 15 is 0 Å². The predicted octanol–water partition coefficient (Wildman–Crippen LogP) is 2.41. The summed E-state index contributed by atoms with van der Waals surface area (Å²) < 4.78 is 0. The van der Waals surface area contributed by atoms with Crippen molar-refractivity contribution in [2.75, 3.05) is 12.3 Å². The summed E-state index contributed by atoms with van der Waals surface area (Å²) in [4.78, 5) is 13.2. The largest absolute Gasteiger partial charge is 0.399 e. The molecule has 0 radical (unpaired) electrons. The van der Waals surface area contributed by atoms with Crippen molar-refractivity contribution < 1.29 is 4.79 Å². The van der Waals surface area contributed by atoms with Crippen molar-refractivity contribution in [3.8, 4) is 0 Å². The van der Waals surface area contributed by atoms with Crippen molar-refractivity contribution in [3.05, 3.63) is 64.7 Å². The number of carbonyl (C=O) groups excluding carboxylic acids is 1. The molecule has 2 aromatic carbocycles. The number of nitrogen functional groups attached to an aromatic ring is 1. The molecule has 0 bridgehead atoms. The summed E-state index contributed by atoms with van der Waals surface area (Å²) >= 11 is 5.99. The van der Waals surface area contributed by atoms with Crippen molar-refractivity contribution in [2.24, 2.45) is 5.73 Å². The lowest BCUT2D eigenvalue weighted by molar-refractivity contribution is -0.119. The van der Waals surface area contributed by atoms with Crippen LogP contribution in [-0.2, 0) is 17.9 Å². The molecule has 5 heteroatoms. The summed E-state index contributed by atoms with van der Waals surface area (Å²) in [5, 5.41) is 0.676. The van der Waals surface area contributed by atoms with Crippen LogP contribution in [0, 0.1) is 0 Å². The van der Waals surface area contributed by atoms with E-state index in [2.05, 4.69) is 0 Å². The van der Waals surface area contributed by atoms with Gasteiger partial charge >= 0.3 is 0 Å². The van der Waals surface area contributed by atoms with Crippen molar-refractivity contribution in [1.29, 1.82) is 0 Å². The standard InChI is InChI=1S/C16H18ClN3O/c17-14-5-1-3-12(7-14)9-20(11-16(19)21)10-13-4-2-6-15(18)8-13/h1-8H,9-11,18H2,(H2,19,21). The quantitative estimate of drug-likeness (QED) is 0.805. The Labute approximate surface area is 129 Å². The number of rotatable bonds is 6. The second-order valence-electron chi connectivity index (χ2n) is 4.99. The number of anilines is 1. The molecule has 0 fully saturated rings. The molecule has 21 heavy (non-hydrogen) atoms. The van der Waals surface area contributed by atoms with Crippen LogP contribution < -0.4 is 11.5 Å². The normalized spacial score (nSPS) is 10.8. The Bertz CT molecular complexity index is 583. The second kappa shape index (κ2) is 7.11. The highest BCUT2D eigenvalue weighted by molar-refractivity contribution is 6.30. The monoisotopic (exact) mass is 303 g/mol. The molecular formula is C16H18ClN3O. The van der Waals surface area contributed by atoms with Gasteiger partial charge in [0, 0.05) is 23.8 Å². The highest BCUT2D eigenvalue weighted by Gasteiger charge is 2.10. The van der Waals surface area contributed by atoms with Gasteiger partial charge in [-0.2, -0.15) is 0 Å². The van der Waals surface area contributed by atoms with Crippen LogP contribution >= 0.6 is 11.6 Å². The maximum atomic E-state index is 11.3. The minimum atomic E-state index is -0.360. The Balaban J connectivity index is 2.12. The fourth-order valence-corrected chi connectivity index (χ4v) is 2.44. The molecule has 110 valence electrons. The molecule has 0 spiro atoms. The van der Waals surface area contributed by atoms with E-state index in [0.29, 0.717) is 23.8 Å². The molecule has 1 amide bonds. The smallest absolute Gasteiger partial charge is 0.231 e. The summed E-state index contributed by atoms with van der Waals surface area (Å²) in [5.74, 6) is -0.360. The zero-order valence-corrected chi connectivity index (χ0v) is 12.4. The third-order valence-corrected chi connectivity index (χ3v) is 3.27. The minimum absolute atomic E-state index is 0.182. The van der Waals surface area contributed by atoms with E-state index < -0.39 is 0 Å². The van der Waals surface area contributed by atoms with Gasteiger partial charge in [-0.3, -0.25) is 9.69 Å². The lowest BCUT2D eigenvalue weighted by atomic mass is 10.1. The van der Waals surface area contributed by atoms with E-state index in [1.54, 1.807) is 0 Å². The van der Waals surface area contributed by atoms with Crippen molar-refractivity contribution in [3.63, 3.8) is 0 Å². The Morgan fingerprint density at radius 3 is 2.24 bits per heavy atom. The topological polar surface area (TPSA) is 72.4 Å². The zero-order chi connectivity index (χ0) is 15.2. The average molecular weight is 304 g/mol. The Kier molecular flexibility index (Phi) is 5.20. The first-order chi connectivity index (χ1) is 10.0. The number of nitrogens with zero attached hydrogens (tertiary/aromatic N) is 1. The molecule has 0 aromatic heterocycles. The van der Waals surface area contributed by atoms with E-state index in [-0.39, 0.29) is 12.5 Å². The van der Waals surface area contributed by atoms with E-state index in [0.717, 1.165) is 11.1 Å². The maximum Gasteiger partial charge on any atom is 0.231 e. The van der Waals surface area contributed by atoms with Gasteiger partial charge in [0.2, 0.25) is 5.91 Å². The van der Waals surface area contributed by atoms with E-state index in [4.69, 9.17) is 23.1 Å². The molecule has 0 aliphatic rings. The Hall–Kier alpha value is -2.04. The predicted molar refractivity (Wildman–Crippen MR) is 85.6 cm³/mol. The van der Waals surface area contributed by atoms with Crippen molar-refractivity contribution in [2.45, 2.75) is 13.1 Å². The van der Waals surface area contributed by atoms with Crippen LogP contribution in [0.5, 0.6) is 0 Å². The number of amides is 1. The highest BCUT2D eigenvalue weighted by Crippen LogP contribution is 2.15. The molecule has 0 saturated heterocycles. The molecule has 0 atom stereocenters. The van der Waals surface area contributed by atoms with Crippen LogP contribution in [0.25, 0.3) is 0 Å². The molecule has 4 N–H and O–H groups in total. The fourth-order valence-electron chi connectivity index (χ4n) is 2.23. The van der Waals surface area contributed by atoms with Crippen molar-refractivity contribution in [1.82, 2.24) is 4.90 Å². The first-order valence-corrected chi connectivity index (χ1v) is 7.00. The molecule has 0 unspecified atom stereocenters. The lowest BCUT2D eigenvalue weighted by Crippen LogP contribution is -2.33. The van der Waals surface area contributed by atoms with E-state index in [9.17, 15) is 4.79 Å². The second-order valence-corrected chi connectivity index (χ2v) is 5.42. The number of nitrogens with two attached hydrogens (primary N) is 2. The lowest BCUT2D eigenvalue weighted by Gasteiger charge is -2.21. The number of hydrogen-bond acceptors (Lipinski definition) is 3. The summed E-state index contributed by atoms with van der Waals surface area (Å²) in [6.45, 7) is 1.38. The van der Waals surface area contributed by atoms with E-state index in [1.807, 2.05) is 53.4 Å². The van der Waals surface area contributed by atoms with Crippen molar-refractivity contribution >= 4 is 23.2 Å². The number of benzene rings is 2. The van der Waals surface area contributed by atoms with Crippen LogP contribution in [0.1, 0.15) is 11.1 Å². The van der Waals surface area contributed by atoms with Gasteiger partial charge in [0.05, 0.1) is 6.54 Å². The van der Waals surface area contributed by atoms with Crippen LogP contribution in [-0.4, -0.2) is 17.4 Å². The van der Waals surface area contributed by atoms with Crippen LogP contribution in [0.4, 0.5) is 5.69 Å². The number of halogens is 1. The Morgan fingerprint density at radius 1 is 1.05 bits per heavy atom. The average Bonchev–Trinajstić information content (AvgIpc) is 2.37. The zero-order valence-electron chi connectivity index (χ0n) is 11.6. The molecule has 2 aromatic rings. The van der Waals surface area contributed by atoms with Gasteiger partial charge in [-0.05, 0) is 35.4 Å². The molecule has 0 heterocycles. The SMILES string of the molecule is NC(=O)CN(Cc1cccc(N)c1)Cc1cccc(Cl)c1. The summed E-state index contributed by atoms with van der Waals surface area (Å²) in [6, 6.07) is 15.2. The van der Waals surface area contributed by atoms with Gasteiger partial charge in [0.25, 0.3) is 0 Å². The number of carbonyl (C=O) groups is 1. The number of hydrogen-bond donors (Lipinski definition) is 2.